The molecule has 0 bridgehead atoms. The van der Waals surface area contributed by atoms with Gasteiger partial charge in [-0.25, -0.2) is 0 Å². The van der Waals surface area contributed by atoms with Gasteiger partial charge in [0.05, 0.1) is 13.2 Å². The van der Waals surface area contributed by atoms with Gasteiger partial charge in [-0.05, 0) is 48.2 Å². The Morgan fingerprint density at radius 2 is 1.02 bits per heavy atom. The molecule has 0 aromatic heterocycles. The number of methoxy groups -OCH3 is 2. The topological polar surface area (TPSA) is 36.9 Å². The van der Waals surface area contributed by atoms with E-state index in [9.17, 15) is 0 Å². The standard InChI is InChI=1S/C29H26F6O4S2/c1-25-17-7-5-15(11-38-13-36-3)9-19(17)40-23(25)21-22(28(32,33)29(34,35)27(21,30)31)24-26(25,2)18-8-6-16(10-20(18)41-24)12-39-14-37-4/h5-10H,11-14H2,1-4H3. The molecule has 220 valence electrons. The molecule has 0 saturated heterocycles. The van der Waals surface area contributed by atoms with Crippen molar-refractivity contribution in [3.63, 3.8) is 0 Å². The minimum absolute atomic E-state index is 0.0366. The molecule has 12 heteroatoms. The number of thioether (sulfide) groups is 2. The Balaban J connectivity index is 1.59. The van der Waals surface area contributed by atoms with Crippen molar-refractivity contribution in [1.82, 2.24) is 0 Å². The maximum Gasteiger partial charge on any atom is 0.380 e. The number of halogens is 6. The number of alkyl halides is 6. The van der Waals surface area contributed by atoms with Gasteiger partial charge >= 0.3 is 17.8 Å². The van der Waals surface area contributed by atoms with Gasteiger partial charge in [0.1, 0.15) is 13.6 Å². The Bertz CT molecular complexity index is 1400. The average Bonchev–Trinajstić information content (AvgIpc) is 3.42. The number of benzene rings is 2. The number of ether oxygens (including phenoxy) is 4. The Labute approximate surface area is 241 Å². The summed E-state index contributed by atoms with van der Waals surface area (Å²) in [4.78, 5) is 0.721. The SMILES string of the molecule is COCOCc1ccc2c(c1)SC1=C3C(=C4Sc5cc(COCOC)ccc5C4(C)C12C)C(F)(F)C(F)(F)C3(F)F. The predicted octanol–water partition coefficient (Wildman–Crippen LogP) is 7.80. The first-order chi connectivity index (χ1) is 19.3. The molecule has 2 aromatic rings. The summed E-state index contributed by atoms with van der Waals surface area (Å²) in [5.41, 5.74) is -2.57. The summed E-state index contributed by atoms with van der Waals surface area (Å²) in [6.07, 6.45) is 0. The number of allylic oxidation sites excluding steroid dienone is 4. The highest BCUT2D eigenvalue weighted by atomic mass is 32.2. The van der Waals surface area contributed by atoms with E-state index < -0.39 is 39.7 Å². The lowest BCUT2D eigenvalue weighted by Crippen LogP contribution is -2.48. The number of rotatable bonds is 8. The van der Waals surface area contributed by atoms with E-state index in [4.69, 9.17) is 18.9 Å². The largest absolute Gasteiger partial charge is 0.380 e. The fourth-order valence-electron chi connectivity index (χ4n) is 6.39. The van der Waals surface area contributed by atoms with Gasteiger partial charge in [-0.15, -0.1) is 0 Å². The number of hydrogen-bond acceptors (Lipinski definition) is 6. The normalized spacial score (nSPS) is 28.0. The van der Waals surface area contributed by atoms with Crippen LogP contribution >= 0.6 is 23.5 Å². The summed E-state index contributed by atoms with van der Waals surface area (Å²) in [5, 5.41) is 0. The summed E-state index contributed by atoms with van der Waals surface area (Å²) in [5.74, 6) is -15.8. The first-order valence-electron chi connectivity index (χ1n) is 12.7. The van der Waals surface area contributed by atoms with E-state index >= 15 is 26.3 Å². The van der Waals surface area contributed by atoms with Crippen molar-refractivity contribution in [2.75, 3.05) is 27.8 Å². The summed E-state index contributed by atoms with van der Waals surface area (Å²) in [6.45, 7) is 3.79. The quantitative estimate of drug-likeness (QED) is 0.171. The van der Waals surface area contributed by atoms with Crippen LogP contribution in [-0.2, 0) is 43.0 Å². The molecule has 2 aliphatic heterocycles. The zero-order valence-electron chi connectivity index (χ0n) is 22.5. The molecule has 1 fully saturated rings. The van der Waals surface area contributed by atoms with Gasteiger partial charge in [-0.3, -0.25) is 0 Å². The summed E-state index contributed by atoms with van der Waals surface area (Å²) < 4.78 is 113. The molecule has 0 spiro atoms. The summed E-state index contributed by atoms with van der Waals surface area (Å²) in [6, 6.07) is 10.5. The van der Waals surface area contributed by atoms with Crippen molar-refractivity contribution in [2.24, 2.45) is 0 Å². The van der Waals surface area contributed by atoms with Gasteiger partial charge in [-0.1, -0.05) is 47.8 Å². The molecule has 0 amide bonds. The van der Waals surface area contributed by atoms with Crippen LogP contribution in [0.3, 0.4) is 0 Å². The third kappa shape index (κ3) is 3.61. The van der Waals surface area contributed by atoms with Crippen LogP contribution in [0.5, 0.6) is 0 Å². The van der Waals surface area contributed by atoms with Crippen LogP contribution in [-0.4, -0.2) is 45.6 Å². The van der Waals surface area contributed by atoms with Crippen molar-refractivity contribution < 1.29 is 45.3 Å². The minimum atomic E-state index is -5.60. The zero-order valence-corrected chi connectivity index (χ0v) is 24.1. The fraction of sp³-hybridized carbons (Fsp3) is 0.448. The molecule has 4 aliphatic rings. The lowest BCUT2D eigenvalue weighted by atomic mass is 9.55. The first kappa shape index (κ1) is 29.1. The van der Waals surface area contributed by atoms with Gasteiger partial charge in [0.15, 0.2) is 0 Å². The smallest absolute Gasteiger partial charge is 0.359 e. The second-order valence-electron chi connectivity index (χ2n) is 10.8. The minimum Gasteiger partial charge on any atom is -0.359 e. The third-order valence-electron chi connectivity index (χ3n) is 8.56. The Morgan fingerprint density at radius 1 is 0.634 bits per heavy atom. The fourth-order valence-corrected chi connectivity index (χ4v) is 9.72. The Kier molecular flexibility index (Phi) is 6.76. The Hall–Kier alpha value is -1.96. The maximum absolute atomic E-state index is 15.6. The van der Waals surface area contributed by atoms with Crippen LogP contribution in [0.4, 0.5) is 26.3 Å². The third-order valence-corrected chi connectivity index (χ3v) is 11.3. The van der Waals surface area contributed by atoms with Gasteiger partial charge in [0, 0.05) is 55.8 Å². The van der Waals surface area contributed by atoms with E-state index in [1.54, 1.807) is 50.2 Å². The lowest BCUT2D eigenvalue weighted by molar-refractivity contribution is -0.258. The predicted molar refractivity (Wildman–Crippen MR) is 142 cm³/mol. The van der Waals surface area contributed by atoms with E-state index in [0.29, 0.717) is 32.0 Å². The van der Waals surface area contributed by atoms with E-state index in [1.165, 1.54) is 14.2 Å². The van der Waals surface area contributed by atoms with Gasteiger partial charge in [0.25, 0.3) is 0 Å². The molecule has 2 unspecified atom stereocenters. The van der Waals surface area contributed by atoms with Gasteiger partial charge in [0.2, 0.25) is 0 Å². The van der Waals surface area contributed by atoms with Crippen LogP contribution in [0.1, 0.15) is 36.1 Å². The van der Waals surface area contributed by atoms with E-state index in [-0.39, 0.29) is 36.6 Å². The first-order valence-corrected chi connectivity index (χ1v) is 14.3. The van der Waals surface area contributed by atoms with Crippen molar-refractivity contribution >= 4 is 23.5 Å². The van der Waals surface area contributed by atoms with Crippen LogP contribution in [0, 0.1) is 0 Å². The molecule has 2 aliphatic carbocycles. The molecular formula is C29H26F6O4S2. The highest BCUT2D eigenvalue weighted by molar-refractivity contribution is 8.04. The van der Waals surface area contributed by atoms with E-state index in [0.717, 1.165) is 23.5 Å². The van der Waals surface area contributed by atoms with Crippen LogP contribution in [0.15, 0.2) is 67.1 Å². The molecule has 2 atom stereocenters. The van der Waals surface area contributed by atoms with Crippen LogP contribution in [0.2, 0.25) is 0 Å². The highest BCUT2D eigenvalue weighted by Gasteiger charge is 2.85. The molecule has 0 N–H and O–H groups in total. The second-order valence-corrected chi connectivity index (χ2v) is 12.9. The van der Waals surface area contributed by atoms with Gasteiger partial charge in [-0.2, -0.15) is 26.3 Å². The van der Waals surface area contributed by atoms with Crippen molar-refractivity contribution in [2.45, 2.75) is 65.4 Å². The molecule has 2 heterocycles. The summed E-state index contributed by atoms with van der Waals surface area (Å²) >= 11 is 1.72. The lowest BCUT2D eigenvalue weighted by Gasteiger charge is -2.48. The van der Waals surface area contributed by atoms with E-state index in [1.807, 2.05) is 0 Å². The van der Waals surface area contributed by atoms with Crippen LogP contribution < -0.4 is 0 Å². The van der Waals surface area contributed by atoms with Crippen molar-refractivity contribution in [3.05, 3.63) is 79.6 Å². The zero-order chi connectivity index (χ0) is 29.6. The second kappa shape index (κ2) is 9.52. The average molecular weight is 617 g/mol. The maximum atomic E-state index is 15.6. The Morgan fingerprint density at radius 3 is 1.39 bits per heavy atom. The molecular weight excluding hydrogens is 590 g/mol. The monoisotopic (exact) mass is 616 g/mol. The summed E-state index contributed by atoms with van der Waals surface area (Å²) in [7, 11) is 2.95. The highest BCUT2D eigenvalue weighted by Crippen LogP contribution is 2.78. The molecule has 41 heavy (non-hydrogen) atoms. The molecule has 0 radical (unpaired) electrons. The van der Waals surface area contributed by atoms with E-state index in [2.05, 4.69) is 0 Å². The number of hydrogen-bond donors (Lipinski definition) is 0. The molecule has 2 aromatic carbocycles. The molecule has 6 rings (SSSR count). The van der Waals surface area contributed by atoms with Gasteiger partial charge < -0.3 is 18.9 Å². The number of fused-ring (bicyclic) bond motifs is 8. The van der Waals surface area contributed by atoms with Crippen LogP contribution in [0.25, 0.3) is 0 Å². The molecule has 1 saturated carbocycles. The van der Waals surface area contributed by atoms with Crippen molar-refractivity contribution in [3.8, 4) is 0 Å². The van der Waals surface area contributed by atoms with Crippen molar-refractivity contribution in [1.29, 1.82) is 0 Å². The molecule has 4 nitrogen and oxygen atoms in total.